The number of carbonyl (C=O) groups is 1. The monoisotopic (exact) mass is 379 g/mol. The lowest BCUT2D eigenvalue weighted by Crippen LogP contribution is -1.92. The molecule has 1 aromatic rings. The van der Waals surface area contributed by atoms with E-state index >= 15 is 0 Å². The van der Waals surface area contributed by atoms with Crippen LogP contribution in [0.3, 0.4) is 0 Å². The van der Waals surface area contributed by atoms with Crippen molar-refractivity contribution in [1.82, 2.24) is 4.98 Å². The summed E-state index contributed by atoms with van der Waals surface area (Å²) in [6, 6.07) is 5.68. The fraction of sp³-hybridized carbons (Fsp3) is 0.727. The van der Waals surface area contributed by atoms with Gasteiger partial charge in [0.05, 0.1) is 0 Å². The van der Waals surface area contributed by atoms with Gasteiger partial charge in [-0.05, 0) is 36.7 Å². The molecule has 0 bridgehead atoms. The van der Waals surface area contributed by atoms with Crippen LogP contribution in [-0.2, 0) is 4.79 Å². The Labute approximate surface area is 164 Å². The average Bonchev–Trinajstić information content (AvgIpc) is 2.65. The summed E-state index contributed by atoms with van der Waals surface area (Å²) in [5.74, 6) is 0. The zero-order valence-electron chi connectivity index (χ0n) is 16.3. The number of hydrogen-bond donors (Lipinski definition) is 1. The van der Waals surface area contributed by atoms with E-state index in [9.17, 15) is 4.79 Å². The van der Waals surface area contributed by atoms with Crippen molar-refractivity contribution in [3.05, 3.63) is 24.4 Å². The second-order valence-corrected chi connectivity index (χ2v) is 8.14. The predicted molar refractivity (Wildman–Crippen MR) is 111 cm³/mol. The van der Waals surface area contributed by atoms with Gasteiger partial charge < -0.3 is 5.11 Å². The molecular weight excluding hydrogens is 342 g/mol. The maximum atomic E-state index is 11.9. The van der Waals surface area contributed by atoms with E-state index < -0.39 is 0 Å². The largest absolute Gasteiger partial charge is 0.396 e. The van der Waals surface area contributed by atoms with Gasteiger partial charge in [0.2, 0.25) is 0 Å². The fourth-order valence-corrected chi connectivity index (χ4v) is 3.82. The zero-order valence-corrected chi connectivity index (χ0v) is 17.2. The van der Waals surface area contributed by atoms with Crippen LogP contribution >= 0.6 is 11.8 Å². The highest BCUT2D eigenvalue weighted by molar-refractivity contribution is 8.13. The molecule has 1 heterocycles. The summed E-state index contributed by atoms with van der Waals surface area (Å²) in [6.45, 7) is 0.348. The lowest BCUT2D eigenvalue weighted by atomic mass is 10.0. The van der Waals surface area contributed by atoms with Crippen LogP contribution in [0.1, 0.15) is 96.3 Å². The first-order valence-electron chi connectivity index (χ1n) is 10.6. The molecule has 0 amide bonds. The molecule has 0 aliphatic carbocycles. The number of pyridine rings is 1. The molecule has 3 nitrogen and oxygen atoms in total. The molecule has 1 rings (SSSR count). The van der Waals surface area contributed by atoms with E-state index in [1.807, 2.05) is 18.2 Å². The highest BCUT2D eigenvalue weighted by Crippen LogP contribution is 2.19. The quantitative estimate of drug-likeness (QED) is 0.246. The molecule has 0 aliphatic rings. The van der Waals surface area contributed by atoms with E-state index in [1.54, 1.807) is 6.20 Å². The van der Waals surface area contributed by atoms with Crippen molar-refractivity contribution in [3.63, 3.8) is 0 Å². The maximum absolute atomic E-state index is 11.9. The Kier molecular flexibility index (Phi) is 15.6. The molecule has 0 radical (unpaired) electrons. The zero-order chi connectivity index (χ0) is 18.7. The van der Waals surface area contributed by atoms with Crippen molar-refractivity contribution in [2.75, 3.05) is 6.61 Å². The minimum atomic E-state index is 0.236. The summed E-state index contributed by atoms with van der Waals surface area (Å²) in [7, 11) is 0. The molecule has 0 unspecified atom stereocenters. The lowest BCUT2D eigenvalue weighted by Gasteiger charge is -2.03. The number of aliphatic hydroxyl groups excluding tert-OH is 1. The maximum Gasteiger partial charge on any atom is 0.195 e. The first kappa shape index (κ1) is 23.2. The number of nitrogens with zero attached hydrogens (tertiary/aromatic N) is 1. The molecule has 0 atom stereocenters. The molecule has 148 valence electrons. The standard InChI is InChI=1S/C22H37NO2S/c24-20-16-12-10-8-6-4-2-1-3-5-7-9-11-13-18-22(25)26-21-17-14-15-19-23-21/h14-15,17,19,24H,1-13,16,18,20H2. The average molecular weight is 380 g/mol. The van der Waals surface area contributed by atoms with Crippen molar-refractivity contribution in [2.24, 2.45) is 0 Å². The van der Waals surface area contributed by atoms with Crippen molar-refractivity contribution < 1.29 is 9.90 Å². The van der Waals surface area contributed by atoms with E-state index in [4.69, 9.17) is 5.11 Å². The first-order chi connectivity index (χ1) is 12.8. The summed E-state index contributed by atoms with van der Waals surface area (Å²) in [5, 5.41) is 9.76. The van der Waals surface area contributed by atoms with E-state index in [-0.39, 0.29) is 5.12 Å². The molecule has 0 fully saturated rings. The van der Waals surface area contributed by atoms with Crippen LogP contribution in [0.2, 0.25) is 0 Å². The second-order valence-electron chi connectivity index (χ2n) is 7.07. The predicted octanol–water partition coefficient (Wildman–Crippen LogP) is 6.54. The van der Waals surface area contributed by atoms with Crippen LogP contribution < -0.4 is 0 Å². The third kappa shape index (κ3) is 14.3. The van der Waals surface area contributed by atoms with Gasteiger partial charge in [0, 0.05) is 19.2 Å². The minimum Gasteiger partial charge on any atom is -0.396 e. The molecule has 1 N–H and O–H groups in total. The minimum absolute atomic E-state index is 0.236. The molecule has 0 spiro atoms. The van der Waals surface area contributed by atoms with E-state index in [2.05, 4.69) is 4.98 Å². The van der Waals surface area contributed by atoms with Crippen molar-refractivity contribution in [2.45, 2.75) is 101 Å². The number of rotatable bonds is 17. The highest BCUT2D eigenvalue weighted by atomic mass is 32.2. The Balaban J connectivity index is 1.77. The number of unbranched alkanes of at least 4 members (excludes halogenated alkanes) is 13. The molecule has 4 heteroatoms. The molecule has 0 saturated carbocycles. The van der Waals surface area contributed by atoms with Gasteiger partial charge in [-0.3, -0.25) is 4.79 Å². The fourth-order valence-electron chi connectivity index (χ4n) is 3.08. The summed E-state index contributed by atoms with van der Waals surface area (Å²) in [5.41, 5.74) is 0. The van der Waals surface area contributed by atoms with Crippen molar-refractivity contribution >= 4 is 16.9 Å². The summed E-state index contributed by atoms with van der Waals surface area (Å²) >= 11 is 1.27. The third-order valence-corrected chi connectivity index (χ3v) is 5.53. The Morgan fingerprint density at radius 1 is 0.769 bits per heavy atom. The van der Waals surface area contributed by atoms with Gasteiger partial charge in [-0.15, -0.1) is 0 Å². The SMILES string of the molecule is O=C(CCCCCCCCCCCCCCCCO)Sc1ccccn1. The van der Waals surface area contributed by atoms with E-state index in [0.717, 1.165) is 17.9 Å². The Morgan fingerprint density at radius 2 is 1.27 bits per heavy atom. The molecular formula is C22H37NO2S. The smallest absolute Gasteiger partial charge is 0.195 e. The van der Waals surface area contributed by atoms with Gasteiger partial charge in [0.1, 0.15) is 5.03 Å². The van der Waals surface area contributed by atoms with Gasteiger partial charge in [-0.1, -0.05) is 83.1 Å². The lowest BCUT2D eigenvalue weighted by molar-refractivity contribution is -0.111. The number of carbonyl (C=O) groups excluding carboxylic acids is 1. The highest BCUT2D eigenvalue weighted by Gasteiger charge is 2.05. The third-order valence-electron chi connectivity index (χ3n) is 4.65. The normalized spacial score (nSPS) is 11.0. The van der Waals surface area contributed by atoms with E-state index in [1.165, 1.54) is 88.8 Å². The number of aliphatic hydroxyl groups is 1. The van der Waals surface area contributed by atoms with E-state index in [0.29, 0.717) is 13.0 Å². The molecule has 26 heavy (non-hydrogen) atoms. The number of hydrogen-bond acceptors (Lipinski definition) is 4. The van der Waals surface area contributed by atoms with Crippen LogP contribution in [0.5, 0.6) is 0 Å². The number of thioether (sulfide) groups is 1. The van der Waals surface area contributed by atoms with Crippen LogP contribution in [0.4, 0.5) is 0 Å². The van der Waals surface area contributed by atoms with Gasteiger partial charge in [-0.25, -0.2) is 4.98 Å². The summed E-state index contributed by atoms with van der Waals surface area (Å²) in [6.07, 6.45) is 20.1. The molecule has 0 aliphatic heterocycles. The van der Waals surface area contributed by atoms with Gasteiger partial charge in [-0.2, -0.15) is 0 Å². The Bertz CT molecular complexity index is 439. The van der Waals surface area contributed by atoms with Crippen LogP contribution in [0.25, 0.3) is 0 Å². The summed E-state index contributed by atoms with van der Waals surface area (Å²) < 4.78 is 0. The van der Waals surface area contributed by atoms with Gasteiger partial charge >= 0.3 is 0 Å². The van der Waals surface area contributed by atoms with Crippen LogP contribution in [-0.4, -0.2) is 21.8 Å². The van der Waals surface area contributed by atoms with Crippen molar-refractivity contribution in [3.8, 4) is 0 Å². The Morgan fingerprint density at radius 3 is 1.73 bits per heavy atom. The van der Waals surface area contributed by atoms with Gasteiger partial charge in [0.15, 0.2) is 5.12 Å². The van der Waals surface area contributed by atoms with Crippen LogP contribution in [0, 0.1) is 0 Å². The van der Waals surface area contributed by atoms with Crippen LogP contribution in [0.15, 0.2) is 29.4 Å². The number of aromatic nitrogens is 1. The second kappa shape index (κ2) is 17.5. The van der Waals surface area contributed by atoms with Crippen molar-refractivity contribution in [1.29, 1.82) is 0 Å². The topological polar surface area (TPSA) is 50.2 Å². The first-order valence-corrected chi connectivity index (χ1v) is 11.4. The summed E-state index contributed by atoms with van der Waals surface area (Å²) in [4.78, 5) is 16.0. The molecule has 0 aromatic carbocycles. The molecule has 0 saturated heterocycles. The Hall–Kier alpha value is -0.870. The molecule has 1 aromatic heterocycles. The van der Waals surface area contributed by atoms with Gasteiger partial charge in [0.25, 0.3) is 0 Å².